The lowest BCUT2D eigenvalue weighted by Gasteiger charge is -2.07. The molecule has 1 atom stereocenters. The molecular weight excluding hydrogens is 288 g/mol. The molecule has 2 heterocycles. The van der Waals surface area contributed by atoms with Crippen molar-refractivity contribution in [3.8, 4) is 0 Å². The first-order valence-corrected chi connectivity index (χ1v) is 7.19. The van der Waals surface area contributed by atoms with E-state index in [9.17, 15) is 5.11 Å². The van der Waals surface area contributed by atoms with E-state index in [0.717, 1.165) is 27.8 Å². The largest absolute Gasteiger partial charge is 0.458 e. The molecule has 3 aromatic rings. The Labute approximate surface area is 127 Å². The highest BCUT2D eigenvalue weighted by atomic mass is 35.5. The van der Waals surface area contributed by atoms with Crippen LogP contribution in [0.5, 0.6) is 0 Å². The van der Waals surface area contributed by atoms with Crippen molar-refractivity contribution in [2.45, 2.75) is 26.4 Å². The van der Waals surface area contributed by atoms with Crippen LogP contribution in [0.25, 0.3) is 11.0 Å². The summed E-state index contributed by atoms with van der Waals surface area (Å²) in [5.74, 6) is 0.551. The van der Waals surface area contributed by atoms with E-state index in [1.54, 1.807) is 11.7 Å². The van der Waals surface area contributed by atoms with E-state index in [0.29, 0.717) is 17.3 Å². The molecule has 0 saturated heterocycles. The topological polar surface area (TPSA) is 51.2 Å². The van der Waals surface area contributed by atoms with Gasteiger partial charge in [0.25, 0.3) is 0 Å². The Morgan fingerprint density at radius 2 is 2.10 bits per heavy atom. The summed E-state index contributed by atoms with van der Waals surface area (Å²) < 4.78 is 7.34. The van der Waals surface area contributed by atoms with Crippen LogP contribution in [0.15, 0.2) is 28.7 Å². The Morgan fingerprint density at radius 3 is 2.76 bits per heavy atom. The van der Waals surface area contributed by atoms with Crippen LogP contribution in [0.1, 0.15) is 28.7 Å². The highest BCUT2D eigenvalue weighted by Gasteiger charge is 2.19. The molecule has 0 saturated carbocycles. The molecule has 1 N–H and O–H groups in total. The van der Waals surface area contributed by atoms with Gasteiger partial charge in [0.15, 0.2) is 0 Å². The van der Waals surface area contributed by atoms with Crippen molar-refractivity contribution in [2.75, 3.05) is 0 Å². The number of aromatic nitrogens is 2. The molecule has 1 unspecified atom stereocenters. The summed E-state index contributed by atoms with van der Waals surface area (Å²) in [5, 5.41) is 16.2. The number of furan rings is 1. The van der Waals surface area contributed by atoms with Crippen LogP contribution < -0.4 is 0 Å². The summed E-state index contributed by atoms with van der Waals surface area (Å²) in [4.78, 5) is 0. The lowest BCUT2D eigenvalue weighted by atomic mass is 10.1. The van der Waals surface area contributed by atoms with Crippen LogP contribution in [0.4, 0.5) is 0 Å². The lowest BCUT2D eigenvalue weighted by molar-refractivity contribution is 0.152. The van der Waals surface area contributed by atoms with Gasteiger partial charge in [-0.2, -0.15) is 5.10 Å². The maximum absolute atomic E-state index is 10.4. The Bertz CT molecular complexity index is 804. The highest BCUT2D eigenvalue weighted by Crippen LogP contribution is 2.29. The van der Waals surface area contributed by atoms with E-state index < -0.39 is 6.10 Å². The summed E-state index contributed by atoms with van der Waals surface area (Å²) in [5.41, 5.74) is 3.62. The highest BCUT2D eigenvalue weighted by molar-refractivity contribution is 6.30. The molecule has 0 aliphatic carbocycles. The third-order valence-corrected chi connectivity index (χ3v) is 4.16. The average molecular weight is 305 g/mol. The molecule has 110 valence electrons. The minimum atomic E-state index is -0.738. The number of benzene rings is 1. The number of hydrogen-bond donors (Lipinski definition) is 1. The van der Waals surface area contributed by atoms with Crippen molar-refractivity contribution in [2.24, 2.45) is 7.05 Å². The van der Waals surface area contributed by atoms with Gasteiger partial charge in [-0.25, -0.2) is 0 Å². The van der Waals surface area contributed by atoms with Gasteiger partial charge < -0.3 is 9.52 Å². The van der Waals surface area contributed by atoms with Gasteiger partial charge in [-0.05, 0) is 32.0 Å². The predicted molar refractivity (Wildman–Crippen MR) is 82.6 cm³/mol. The Kier molecular flexibility index (Phi) is 3.51. The third kappa shape index (κ3) is 2.57. The zero-order valence-electron chi connectivity index (χ0n) is 12.2. The number of aliphatic hydroxyl groups is 1. The Balaban J connectivity index is 1.91. The van der Waals surface area contributed by atoms with E-state index in [1.807, 2.05) is 38.1 Å². The number of halogens is 1. The molecule has 0 radical (unpaired) electrons. The Hall–Kier alpha value is -1.78. The van der Waals surface area contributed by atoms with Crippen LogP contribution in [0.3, 0.4) is 0 Å². The molecule has 5 heteroatoms. The molecule has 0 fully saturated rings. The second-order valence-electron chi connectivity index (χ2n) is 5.39. The minimum Gasteiger partial charge on any atom is -0.458 e. The van der Waals surface area contributed by atoms with Crippen molar-refractivity contribution >= 4 is 22.6 Å². The van der Waals surface area contributed by atoms with Crippen molar-refractivity contribution in [1.29, 1.82) is 0 Å². The third-order valence-electron chi connectivity index (χ3n) is 3.69. The summed E-state index contributed by atoms with van der Waals surface area (Å²) >= 11 is 6.20. The molecule has 0 spiro atoms. The maximum Gasteiger partial charge on any atom is 0.134 e. The molecule has 2 aromatic heterocycles. The van der Waals surface area contributed by atoms with E-state index in [4.69, 9.17) is 16.0 Å². The Morgan fingerprint density at radius 1 is 1.33 bits per heavy atom. The van der Waals surface area contributed by atoms with Crippen molar-refractivity contribution in [1.82, 2.24) is 9.78 Å². The van der Waals surface area contributed by atoms with Gasteiger partial charge in [0.2, 0.25) is 0 Å². The fourth-order valence-electron chi connectivity index (χ4n) is 2.55. The van der Waals surface area contributed by atoms with Crippen LogP contribution in [-0.4, -0.2) is 14.9 Å². The smallest absolute Gasteiger partial charge is 0.134 e. The summed E-state index contributed by atoms with van der Waals surface area (Å²) in [6, 6.07) is 7.83. The molecule has 0 aliphatic heterocycles. The number of hydrogen-bond acceptors (Lipinski definition) is 3. The molecule has 21 heavy (non-hydrogen) atoms. The van der Waals surface area contributed by atoms with Crippen molar-refractivity contribution < 1.29 is 9.52 Å². The molecule has 3 rings (SSSR count). The van der Waals surface area contributed by atoms with E-state index in [2.05, 4.69) is 5.10 Å². The molecule has 0 amide bonds. The van der Waals surface area contributed by atoms with Crippen LogP contribution in [0.2, 0.25) is 5.15 Å². The van der Waals surface area contributed by atoms with Gasteiger partial charge in [0.05, 0.1) is 5.69 Å². The first-order chi connectivity index (χ1) is 9.95. The fraction of sp³-hybridized carbons (Fsp3) is 0.312. The van der Waals surface area contributed by atoms with E-state index >= 15 is 0 Å². The monoisotopic (exact) mass is 304 g/mol. The first-order valence-electron chi connectivity index (χ1n) is 6.82. The van der Waals surface area contributed by atoms with E-state index in [1.165, 1.54) is 0 Å². The number of aryl methyl sites for hydroxylation is 3. The number of rotatable bonds is 3. The first kappa shape index (κ1) is 14.2. The van der Waals surface area contributed by atoms with Gasteiger partial charge in [-0.15, -0.1) is 0 Å². The predicted octanol–water partition coefficient (Wildman–Crippen LogP) is 3.71. The van der Waals surface area contributed by atoms with Gasteiger partial charge in [0.1, 0.15) is 22.6 Å². The summed E-state index contributed by atoms with van der Waals surface area (Å²) in [6.45, 7) is 3.91. The number of nitrogens with zero attached hydrogens (tertiary/aromatic N) is 2. The van der Waals surface area contributed by atoms with Crippen molar-refractivity contribution in [3.05, 3.63) is 52.0 Å². The average Bonchev–Trinajstić information content (AvgIpc) is 2.95. The van der Waals surface area contributed by atoms with Crippen LogP contribution in [0, 0.1) is 13.8 Å². The molecule has 0 bridgehead atoms. The zero-order valence-corrected chi connectivity index (χ0v) is 13.0. The van der Waals surface area contributed by atoms with Gasteiger partial charge in [0, 0.05) is 24.4 Å². The van der Waals surface area contributed by atoms with Gasteiger partial charge in [-0.1, -0.05) is 23.2 Å². The standard InChI is InChI=1S/C16H17ClN2O2/c1-9-4-5-14-11(6-9)7-15(21-14)13(20)8-12-10(2)18-19(3)16(12)17/h4-7,13,20H,8H2,1-3H3. The lowest BCUT2D eigenvalue weighted by Crippen LogP contribution is -2.01. The minimum absolute atomic E-state index is 0.386. The van der Waals surface area contributed by atoms with Gasteiger partial charge in [-0.3, -0.25) is 4.68 Å². The second-order valence-corrected chi connectivity index (χ2v) is 5.75. The maximum atomic E-state index is 10.4. The van der Waals surface area contributed by atoms with E-state index in [-0.39, 0.29) is 0 Å². The fourth-order valence-corrected chi connectivity index (χ4v) is 2.80. The molecule has 1 aromatic carbocycles. The van der Waals surface area contributed by atoms with Crippen molar-refractivity contribution in [3.63, 3.8) is 0 Å². The summed E-state index contributed by atoms with van der Waals surface area (Å²) in [6.07, 6.45) is -0.352. The van der Waals surface area contributed by atoms with Crippen LogP contribution >= 0.6 is 11.6 Å². The quantitative estimate of drug-likeness (QED) is 0.802. The SMILES string of the molecule is Cc1ccc2oc(C(O)Cc3c(C)nn(C)c3Cl)cc2c1. The number of aliphatic hydroxyl groups excluding tert-OH is 1. The summed E-state index contributed by atoms with van der Waals surface area (Å²) in [7, 11) is 1.79. The molecular formula is C16H17ClN2O2. The molecule has 0 aliphatic rings. The second kappa shape index (κ2) is 5.20. The van der Waals surface area contributed by atoms with Crippen LogP contribution in [-0.2, 0) is 13.5 Å². The van der Waals surface area contributed by atoms with Gasteiger partial charge >= 0.3 is 0 Å². The normalized spacial score (nSPS) is 13.0. The number of fused-ring (bicyclic) bond motifs is 1. The molecule has 4 nitrogen and oxygen atoms in total. The zero-order chi connectivity index (χ0) is 15.1.